The number of anilines is 1. The number of nitrogens with zero attached hydrogens (tertiary/aromatic N) is 2. The van der Waals surface area contributed by atoms with Crippen LogP contribution in [0.1, 0.15) is 28.8 Å². The second-order valence-electron chi connectivity index (χ2n) is 6.65. The number of para-hydroxylation sites is 1. The number of nitrogens with one attached hydrogen (secondary N) is 2. The zero-order valence-electron chi connectivity index (χ0n) is 16.2. The molecule has 8 heteroatoms. The van der Waals surface area contributed by atoms with Crippen molar-refractivity contribution in [3.8, 4) is 5.69 Å². The van der Waals surface area contributed by atoms with Crippen molar-refractivity contribution in [3.63, 3.8) is 0 Å². The van der Waals surface area contributed by atoms with Gasteiger partial charge in [-0.1, -0.05) is 18.2 Å². The number of aliphatic carboxylic acids is 1. The predicted molar refractivity (Wildman–Crippen MR) is 112 cm³/mol. The van der Waals surface area contributed by atoms with E-state index in [2.05, 4.69) is 15.7 Å². The maximum Gasteiger partial charge on any atom is 0.305 e. The number of carbonyl (C=O) groups is 3. The number of hydrogen-bond donors (Lipinski definition) is 3. The van der Waals surface area contributed by atoms with Gasteiger partial charge in [0.05, 0.1) is 18.3 Å². The molecule has 0 fully saturated rings. The second kappa shape index (κ2) is 10.0. The van der Waals surface area contributed by atoms with Gasteiger partial charge in [0.1, 0.15) is 0 Å². The number of carboxylic acids is 1. The van der Waals surface area contributed by atoms with Crippen molar-refractivity contribution in [1.82, 2.24) is 15.1 Å². The Kier molecular flexibility index (Phi) is 6.94. The minimum absolute atomic E-state index is 0.0630. The molecule has 30 heavy (non-hydrogen) atoms. The Morgan fingerprint density at radius 2 is 1.70 bits per heavy atom. The third-order valence-electron chi connectivity index (χ3n) is 4.35. The van der Waals surface area contributed by atoms with E-state index in [0.717, 1.165) is 11.3 Å². The van der Waals surface area contributed by atoms with Crippen molar-refractivity contribution in [2.45, 2.75) is 19.3 Å². The minimum atomic E-state index is -0.972. The summed E-state index contributed by atoms with van der Waals surface area (Å²) < 4.78 is 1.77. The molecule has 1 heterocycles. The maximum absolute atomic E-state index is 12.2. The second-order valence-corrected chi connectivity index (χ2v) is 6.65. The largest absolute Gasteiger partial charge is 0.481 e. The molecule has 0 aliphatic heterocycles. The number of aromatic nitrogens is 2. The number of amides is 2. The van der Waals surface area contributed by atoms with Gasteiger partial charge in [0.2, 0.25) is 5.91 Å². The summed E-state index contributed by atoms with van der Waals surface area (Å²) in [7, 11) is 0. The van der Waals surface area contributed by atoms with E-state index in [1.807, 2.05) is 36.5 Å². The number of aryl methyl sites for hydroxylation is 1. The van der Waals surface area contributed by atoms with E-state index in [1.165, 1.54) is 0 Å². The molecule has 3 aromatic rings. The van der Waals surface area contributed by atoms with E-state index < -0.39 is 5.97 Å². The molecule has 0 spiro atoms. The lowest BCUT2D eigenvalue weighted by Gasteiger charge is -2.07. The van der Waals surface area contributed by atoms with E-state index in [-0.39, 0.29) is 24.8 Å². The predicted octanol–water partition coefficient (Wildman–Crippen LogP) is 2.65. The Morgan fingerprint density at radius 3 is 2.40 bits per heavy atom. The summed E-state index contributed by atoms with van der Waals surface area (Å²) in [4.78, 5) is 34.6. The van der Waals surface area contributed by atoms with Gasteiger partial charge in [-0.15, -0.1) is 0 Å². The van der Waals surface area contributed by atoms with E-state index in [9.17, 15) is 14.4 Å². The van der Waals surface area contributed by atoms with Crippen LogP contribution in [0.25, 0.3) is 5.69 Å². The average Bonchev–Trinajstić information content (AvgIpc) is 3.22. The first-order valence-electron chi connectivity index (χ1n) is 9.50. The van der Waals surface area contributed by atoms with Gasteiger partial charge in [-0.05, 0) is 48.4 Å². The fourth-order valence-corrected chi connectivity index (χ4v) is 2.78. The summed E-state index contributed by atoms with van der Waals surface area (Å²) in [5, 5.41) is 18.2. The lowest BCUT2D eigenvalue weighted by atomic mass is 10.1. The quantitative estimate of drug-likeness (QED) is 0.506. The van der Waals surface area contributed by atoms with E-state index >= 15 is 0 Å². The molecular weight excluding hydrogens is 384 g/mol. The molecule has 0 aliphatic carbocycles. The summed E-state index contributed by atoms with van der Waals surface area (Å²) in [6.45, 7) is 0.0630. The molecule has 8 nitrogen and oxygen atoms in total. The summed E-state index contributed by atoms with van der Waals surface area (Å²) in [5.74, 6) is -1.47. The highest BCUT2D eigenvalue weighted by molar-refractivity contribution is 5.96. The van der Waals surface area contributed by atoms with Crippen LogP contribution in [0.3, 0.4) is 0 Å². The average molecular weight is 406 g/mol. The van der Waals surface area contributed by atoms with Crippen LogP contribution in [-0.2, 0) is 16.0 Å². The molecule has 2 amide bonds. The van der Waals surface area contributed by atoms with Crippen LogP contribution < -0.4 is 10.6 Å². The Balaban J connectivity index is 1.46. The fraction of sp³-hybridized carbons (Fsp3) is 0.182. The SMILES string of the molecule is O=C(O)CCNC(=O)c1ccc(NC(=O)CCc2cnn(-c3ccccc3)c2)cc1. The molecule has 0 radical (unpaired) electrons. The molecule has 0 saturated carbocycles. The van der Waals surface area contributed by atoms with Gasteiger partial charge in [-0.25, -0.2) is 4.68 Å². The highest BCUT2D eigenvalue weighted by Crippen LogP contribution is 2.12. The van der Waals surface area contributed by atoms with Crippen LogP contribution in [0.2, 0.25) is 0 Å². The van der Waals surface area contributed by atoms with Gasteiger partial charge >= 0.3 is 5.97 Å². The molecule has 2 aromatic carbocycles. The molecule has 0 atom stereocenters. The molecule has 154 valence electrons. The zero-order valence-corrected chi connectivity index (χ0v) is 16.2. The van der Waals surface area contributed by atoms with Gasteiger partial charge < -0.3 is 15.7 Å². The standard InChI is InChI=1S/C22H22N4O4/c27-20(11-6-16-14-24-26(15-16)19-4-2-1-3-5-19)25-18-9-7-17(8-10-18)22(30)23-13-12-21(28)29/h1-5,7-10,14-15H,6,11-13H2,(H,23,30)(H,25,27)(H,28,29). The highest BCUT2D eigenvalue weighted by Gasteiger charge is 2.08. The fourth-order valence-electron chi connectivity index (χ4n) is 2.78. The summed E-state index contributed by atoms with van der Waals surface area (Å²) >= 11 is 0. The molecule has 3 rings (SSSR count). The van der Waals surface area contributed by atoms with Crippen LogP contribution in [0.15, 0.2) is 67.0 Å². The Bertz CT molecular complexity index is 1010. The molecule has 0 saturated heterocycles. The van der Waals surface area contributed by atoms with Crippen LogP contribution >= 0.6 is 0 Å². The number of carboxylic acid groups (broad SMARTS) is 1. The minimum Gasteiger partial charge on any atom is -0.481 e. The van der Waals surface area contributed by atoms with Crippen molar-refractivity contribution in [3.05, 3.63) is 78.1 Å². The summed E-state index contributed by atoms with van der Waals surface area (Å²) in [6.07, 6.45) is 4.38. The Labute approximate surface area is 173 Å². The molecule has 1 aromatic heterocycles. The van der Waals surface area contributed by atoms with Crippen LogP contribution in [0.4, 0.5) is 5.69 Å². The zero-order chi connectivity index (χ0) is 21.3. The van der Waals surface area contributed by atoms with Crippen LogP contribution in [0.5, 0.6) is 0 Å². The lowest BCUT2D eigenvalue weighted by Crippen LogP contribution is -2.25. The molecule has 3 N–H and O–H groups in total. The van der Waals surface area contributed by atoms with Gasteiger partial charge in [0, 0.05) is 30.4 Å². The summed E-state index contributed by atoms with van der Waals surface area (Å²) in [6, 6.07) is 16.2. The number of carbonyl (C=O) groups excluding carboxylic acids is 2. The van der Waals surface area contributed by atoms with Gasteiger partial charge in [-0.3, -0.25) is 14.4 Å². The smallest absolute Gasteiger partial charge is 0.305 e. The first kappa shape index (κ1) is 20.8. The Morgan fingerprint density at radius 1 is 0.967 bits per heavy atom. The molecule has 0 unspecified atom stereocenters. The van der Waals surface area contributed by atoms with Crippen molar-refractivity contribution in [2.24, 2.45) is 0 Å². The van der Waals surface area contributed by atoms with E-state index in [0.29, 0.717) is 24.1 Å². The van der Waals surface area contributed by atoms with Gasteiger partial charge in [-0.2, -0.15) is 5.10 Å². The van der Waals surface area contributed by atoms with Crippen LogP contribution in [-0.4, -0.2) is 39.2 Å². The normalized spacial score (nSPS) is 10.4. The highest BCUT2D eigenvalue weighted by atomic mass is 16.4. The van der Waals surface area contributed by atoms with E-state index in [1.54, 1.807) is 35.1 Å². The molecular formula is C22H22N4O4. The number of hydrogen-bond acceptors (Lipinski definition) is 4. The Hall–Kier alpha value is -3.94. The van der Waals surface area contributed by atoms with E-state index in [4.69, 9.17) is 5.11 Å². The van der Waals surface area contributed by atoms with Gasteiger partial charge in [0.25, 0.3) is 5.91 Å². The molecule has 0 bridgehead atoms. The van der Waals surface area contributed by atoms with Crippen LogP contribution in [0, 0.1) is 0 Å². The summed E-state index contributed by atoms with van der Waals surface area (Å²) in [5.41, 5.74) is 2.90. The monoisotopic (exact) mass is 406 g/mol. The number of benzene rings is 2. The van der Waals surface area contributed by atoms with Crippen molar-refractivity contribution < 1.29 is 19.5 Å². The first-order valence-corrected chi connectivity index (χ1v) is 9.50. The maximum atomic E-state index is 12.2. The third kappa shape index (κ3) is 6.03. The van der Waals surface area contributed by atoms with Crippen molar-refractivity contribution in [1.29, 1.82) is 0 Å². The lowest BCUT2D eigenvalue weighted by molar-refractivity contribution is -0.136. The third-order valence-corrected chi connectivity index (χ3v) is 4.35. The van der Waals surface area contributed by atoms with Crippen molar-refractivity contribution >= 4 is 23.5 Å². The van der Waals surface area contributed by atoms with Gasteiger partial charge in [0.15, 0.2) is 0 Å². The van der Waals surface area contributed by atoms with Crippen molar-refractivity contribution in [2.75, 3.05) is 11.9 Å². The first-order chi connectivity index (χ1) is 14.5. The topological polar surface area (TPSA) is 113 Å². The molecule has 0 aliphatic rings. The number of rotatable bonds is 9.